The van der Waals surface area contributed by atoms with Crippen molar-refractivity contribution in [3.63, 3.8) is 0 Å². The van der Waals surface area contributed by atoms with Gasteiger partial charge in [0.15, 0.2) is 0 Å². The van der Waals surface area contributed by atoms with E-state index in [1.165, 1.54) is 17.7 Å². The molecule has 0 saturated heterocycles. The van der Waals surface area contributed by atoms with Crippen LogP contribution < -0.4 is 0 Å². The zero-order valence-corrected chi connectivity index (χ0v) is 29.7. The average Bonchev–Trinajstić information content (AvgIpc) is 3.61. The molecule has 0 aliphatic rings. The number of hydrogen-bond acceptors (Lipinski definition) is 1. The molecule has 252 valence electrons. The fourth-order valence-electron chi connectivity index (χ4n) is 7.67. The molecule has 0 bridgehead atoms. The zero-order chi connectivity index (χ0) is 35.5. The van der Waals surface area contributed by atoms with Gasteiger partial charge in [-0.05, 0) is 92.7 Å². The summed E-state index contributed by atoms with van der Waals surface area (Å²) in [5, 5.41) is 10.9. The Morgan fingerprint density at radius 3 is 1.64 bits per heavy atom. The first-order chi connectivity index (χ1) is 23.7. The van der Waals surface area contributed by atoms with Gasteiger partial charge < -0.3 is 8.98 Å². The molecule has 0 unspecified atom stereocenters. The fourth-order valence-corrected chi connectivity index (χ4v) is 7.67. The Bertz CT molecular complexity index is 2760. The maximum absolute atomic E-state index is 13.6. The van der Waals surface area contributed by atoms with Crippen LogP contribution >= 0.6 is 0 Å². The van der Waals surface area contributed by atoms with Gasteiger partial charge in [-0.1, -0.05) is 97.9 Å². The molecule has 0 saturated carbocycles. The summed E-state index contributed by atoms with van der Waals surface area (Å²) in [6.45, 7) is 17.2. The van der Waals surface area contributed by atoms with Crippen molar-refractivity contribution >= 4 is 76.1 Å². The number of nitrogens with zero attached hydrogens (tertiary/aromatic N) is 1. The highest BCUT2D eigenvalue weighted by Gasteiger charge is 2.30. The summed E-state index contributed by atoms with van der Waals surface area (Å²) in [6.07, 6.45) is -4.41. The largest absolute Gasteiger partial charge is 0.455 e. The number of hydrogen-bond donors (Lipinski definition) is 0. The molecule has 0 fully saturated rings. The van der Waals surface area contributed by atoms with Crippen molar-refractivity contribution in [3.05, 3.63) is 114 Å². The summed E-state index contributed by atoms with van der Waals surface area (Å²) in [5.41, 5.74) is 6.03. The summed E-state index contributed by atoms with van der Waals surface area (Å²) < 4.78 is 49.7. The Kier molecular flexibility index (Phi) is 6.91. The van der Waals surface area contributed by atoms with Gasteiger partial charge >= 0.3 is 6.18 Å². The summed E-state index contributed by atoms with van der Waals surface area (Å²) in [6, 6.07) is 31.8. The van der Waals surface area contributed by atoms with Gasteiger partial charge in [-0.25, -0.2) is 0 Å². The van der Waals surface area contributed by atoms with Crippen LogP contribution in [0.25, 0.3) is 81.7 Å². The van der Waals surface area contributed by atoms with Gasteiger partial charge in [-0.2, -0.15) is 13.2 Å². The van der Waals surface area contributed by atoms with Crippen LogP contribution in [0.3, 0.4) is 0 Å². The quantitative estimate of drug-likeness (QED) is 0.159. The number of halogens is 3. The lowest BCUT2D eigenvalue weighted by atomic mass is 9.86. The minimum Gasteiger partial charge on any atom is -0.455 e. The van der Waals surface area contributed by atoms with E-state index in [2.05, 4.69) is 119 Å². The molecule has 7 aromatic carbocycles. The van der Waals surface area contributed by atoms with E-state index < -0.39 is 11.7 Å². The molecule has 0 aliphatic carbocycles. The van der Waals surface area contributed by atoms with Crippen molar-refractivity contribution < 1.29 is 17.6 Å². The minimum absolute atomic E-state index is 0.00168. The molecule has 5 heteroatoms. The molecule has 0 N–H and O–H groups in total. The predicted octanol–water partition coefficient (Wildman–Crippen LogP) is 14.2. The van der Waals surface area contributed by atoms with E-state index in [0.717, 1.165) is 81.6 Å². The molecule has 0 atom stereocenters. The molecular weight excluding hydrogens is 627 g/mol. The lowest BCUT2D eigenvalue weighted by Gasteiger charge is -2.19. The second-order valence-corrected chi connectivity index (χ2v) is 15.4. The number of furan rings is 1. The number of benzene rings is 7. The maximum Gasteiger partial charge on any atom is 0.416 e. The zero-order valence-electron chi connectivity index (χ0n) is 29.7. The van der Waals surface area contributed by atoms with E-state index in [0.29, 0.717) is 5.69 Å². The van der Waals surface area contributed by atoms with E-state index in [-0.39, 0.29) is 10.8 Å². The van der Waals surface area contributed by atoms with Crippen molar-refractivity contribution in [1.29, 1.82) is 0 Å². The first kappa shape index (κ1) is 32.2. The summed E-state index contributed by atoms with van der Waals surface area (Å²) in [5.74, 6) is 0. The summed E-state index contributed by atoms with van der Waals surface area (Å²) in [7, 11) is 0. The second-order valence-electron chi connectivity index (χ2n) is 15.4. The van der Waals surface area contributed by atoms with Crippen molar-refractivity contribution in [2.75, 3.05) is 0 Å². The van der Waals surface area contributed by atoms with Crippen LogP contribution in [0.2, 0.25) is 0 Å². The predicted molar refractivity (Wildman–Crippen MR) is 206 cm³/mol. The second kappa shape index (κ2) is 10.7. The topological polar surface area (TPSA) is 18.1 Å². The molecular formula is C45H40F3NO. The number of alkyl halides is 3. The van der Waals surface area contributed by atoms with Crippen LogP contribution in [0.5, 0.6) is 0 Å². The Hall–Kier alpha value is -5.03. The van der Waals surface area contributed by atoms with E-state index in [4.69, 9.17) is 4.42 Å². The third-order valence-electron chi connectivity index (χ3n) is 10.2. The first-order valence-electron chi connectivity index (χ1n) is 17.4. The summed E-state index contributed by atoms with van der Waals surface area (Å²) in [4.78, 5) is 0. The molecule has 2 nitrogen and oxygen atoms in total. The monoisotopic (exact) mass is 667 g/mol. The molecule has 2 aromatic heterocycles. The van der Waals surface area contributed by atoms with Crippen molar-refractivity contribution in [3.8, 4) is 5.69 Å². The van der Waals surface area contributed by atoms with Crippen molar-refractivity contribution in [2.24, 2.45) is 0 Å². The fraction of sp³-hybridized carbons (Fsp3) is 0.244. The standard InChI is InChI=1S/C43H34F3NO.C2H6/c1-41(2,3)26-11-17-29-33-19-23-8-16-32-38-24(20-34-30-18-12-27(42(4,5)6)22-36(30)48-40(32)34)7-15-31(37(23)38)39(33)47(35(29)21-26)28-13-9-25(10-14-28)43(44,45)46;1-2/h7-22H,1-6H3;1-2H3. The first-order valence-corrected chi connectivity index (χ1v) is 17.4. The van der Waals surface area contributed by atoms with Crippen LogP contribution in [-0.4, -0.2) is 4.57 Å². The van der Waals surface area contributed by atoms with Gasteiger partial charge in [0, 0.05) is 43.4 Å². The number of aromatic nitrogens is 1. The SMILES string of the molecule is CC.CC(C)(C)c1ccc2c(c1)oc1c2cc2ccc3c4c(ccc1c24)cc1c2ccc(C(C)(C)C)cc2n(-c2ccc(C(F)(F)F)cc2)c13. The molecule has 2 heterocycles. The highest BCUT2D eigenvalue weighted by molar-refractivity contribution is 6.35. The van der Waals surface area contributed by atoms with E-state index >= 15 is 0 Å². The number of fused-ring (bicyclic) bond motifs is 8. The highest BCUT2D eigenvalue weighted by Crippen LogP contribution is 2.47. The Morgan fingerprint density at radius 1 is 0.500 bits per heavy atom. The minimum atomic E-state index is -4.41. The van der Waals surface area contributed by atoms with Gasteiger partial charge in [-0.3, -0.25) is 0 Å². The average molecular weight is 668 g/mol. The molecule has 0 spiro atoms. The van der Waals surface area contributed by atoms with Crippen LogP contribution in [0.1, 0.15) is 72.1 Å². The summed E-state index contributed by atoms with van der Waals surface area (Å²) >= 11 is 0. The normalized spacial score (nSPS) is 13.1. The van der Waals surface area contributed by atoms with E-state index in [9.17, 15) is 13.2 Å². The lowest BCUT2D eigenvalue weighted by Crippen LogP contribution is -2.11. The van der Waals surface area contributed by atoms with Gasteiger partial charge in [0.25, 0.3) is 0 Å². The lowest BCUT2D eigenvalue weighted by molar-refractivity contribution is -0.137. The molecule has 9 rings (SSSR count). The van der Waals surface area contributed by atoms with Gasteiger partial charge in [0.2, 0.25) is 0 Å². The van der Waals surface area contributed by atoms with Gasteiger partial charge in [0.05, 0.1) is 16.6 Å². The Morgan fingerprint density at radius 2 is 1.02 bits per heavy atom. The molecule has 0 amide bonds. The smallest absolute Gasteiger partial charge is 0.416 e. The van der Waals surface area contributed by atoms with Crippen molar-refractivity contribution in [2.45, 2.75) is 72.4 Å². The van der Waals surface area contributed by atoms with E-state index in [1.54, 1.807) is 12.1 Å². The molecule has 9 aromatic rings. The molecule has 0 radical (unpaired) electrons. The maximum atomic E-state index is 13.6. The Balaban J connectivity index is 0.00000177. The molecule has 0 aliphatic heterocycles. The van der Waals surface area contributed by atoms with Crippen LogP contribution in [0, 0.1) is 0 Å². The Labute approximate surface area is 289 Å². The van der Waals surface area contributed by atoms with Crippen LogP contribution in [0.4, 0.5) is 13.2 Å². The third-order valence-corrected chi connectivity index (χ3v) is 10.2. The van der Waals surface area contributed by atoms with Gasteiger partial charge in [0.1, 0.15) is 11.2 Å². The van der Waals surface area contributed by atoms with Gasteiger partial charge in [-0.15, -0.1) is 0 Å². The third kappa shape index (κ3) is 4.70. The molecule has 50 heavy (non-hydrogen) atoms. The van der Waals surface area contributed by atoms with E-state index in [1.807, 2.05) is 13.8 Å². The number of rotatable bonds is 1. The van der Waals surface area contributed by atoms with Crippen LogP contribution in [-0.2, 0) is 17.0 Å². The van der Waals surface area contributed by atoms with Crippen molar-refractivity contribution in [1.82, 2.24) is 4.57 Å². The van der Waals surface area contributed by atoms with Crippen LogP contribution in [0.15, 0.2) is 101 Å². The highest BCUT2D eigenvalue weighted by atomic mass is 19.4.